The van der Waals surface area contributed by atoms with Crippen LogP contribution in [0, 0.1) is 17.8 Å². The number of fused-ring (bicyclic) bond motifs is 1. The average Bonchev–Trinajstić information content (AvgIpc) is 3.18. The number of pyridine rings is 2. The van der Waals surface area contributed by atoms with Gasteiger partial charge in [0.2, 0.25) is 0 Å². The molecule has 2 aliphatic rings. The number of halogens is 3. The zero-order valence-corrected chi connectivity index (χ0v) is 23.0. The lowest BCUT2D eigenvalue weighted by Gasteiger charge is -2.35. The Hall–Kier alpha value is -3.02. The Morgan fingerprint density at radius 2 is 1.82 bits per heavy atom. The maximum absolute atomic E-state index is 13.4. The number of rotatable bonds is 8. The number of alkyl halides is 3. The molecule has 0 aromatic carbocycles. The molecule has 0 radical (unpaired) electrons. The van der Waals surface area contributed by atoms with Gasteiger partial charge in [0.05, 0.1) is 51.7 Å². The van der Waals surface area contributed by atoms with Gasteiger partial charge in [0.25, 0.3) is 11.8 Å². The molecule has 4 rings (SSSR count). The topological polar surface area (TPSA) is 109 Å². The largest absolute Gasteiger partial charge is 0.391 e. The summed E-state index contributed by atoms with van der Waals surface area (Å²) in [6.45, 7) is 5.89. The van der Waals surface area contributed by atoms with Crippen LogP contribution in [0.2, 0.25) is 0 Å². The van der Waals surface area contributed by atoms with Gasteiger partial charge >= 0.3 is 6.18 Å². The van der Waals surface area contributed by atoms with E-state index in [1.165, 1.54) is 30.6 Å². The molecule has 3 heterocycles. The van der Waals surface area contributed by atoms with Crippen LogP contribution in [0.4, 0.5) is 13.2 Å². The van der Waals surface area contributed by atoms with Crippen LogP contribution in [0.1, 0.15) is 84.6 Å². The molecule has 1 fully saturated rings. The summed E-state index contributed by atoms with van der Waals surface area (Å²) < 4.78 is 63.1. The van der Waals surface area contributed by atoms with E-state index in [2.05, 4.69) is 15.3 Å². The molecule has 1 aliphatic carbocycles. The maximum atomic E-state index is 13.4. The molecule has 8 nitrogen and oxygen atoms in total. The molecule has 2 aromatic rings. The summed E-state index contributed by atoms with van der Waals surface area (Å²) in [6, 6.07) is 4.17. The number of hydrogen-bond acceptors (Lipinski definition) is 6. The standard InChI is InChI=1S/C27H33F3N4O4S/c1-4-39(37,38)21-10-9-20(31-14-21)13-33-25(35)18-11-22-23(32-12-18)24(16(2)3)34(26(22)36)15-17-5-7-19(8-6-17)27(28,29)30/h9-12,14,16-17,19,24H,4-8,13,15H2,1-3H3,(H,33,35)/t17?,19?,24-/m0/s1. The van der Waals surface area contributed by atoms with Gasteiger partial charge in [-0.2, -0.15) is 13.2 Å². The summed E-state index contributed by atoms with van der Waals surface area (Å²) in [5.41, 5.74) is 1.57. The van der Waals surface area contributed by atoms with Crippen molar-refractivity contribution in [3.8, 4) is 0 Å². The Labute approximate surface area is 226 Å². The first-order valence-corrected chi connectivity index (χ1v) is 14.8. The first-order chi connectivity index (χ1) is 18.3. The molecule has 1 atom stereocenters. The Morgan fingerprint density at radius 1 is 1.13 bits per heavy atom. The van der Waals surface area contributed by atoms with Crippen LogP contribution in [0.3, 0.4) is 0 Å². The van der Waals surface area contributed by atoms with Gasteiger partial charge in [-0.3, -0.25) is 19.6 Å². The van der Waals surface area contributed by atoms with Gasteiger partial charge in [0, 0.05) is 18.9 Å². The fourth-order valence-corrected chi connectivity index (χ4v) is 6.22. The molecule has 1 saturated carbocycles. The van der Waals surface area contributed by atoms with Gasteiger partial charge in [-0.05, 0) is 55.7 Å². The SMILES string of the molecule is CCS(=O)(=O)c1ccc(CNC(=O)c2cnc3c(c2)C(=O)N(CC2CCC(C(F)(F)F)CC2)[C@H]3C(C)C)nc1. The third kappa shape index (κ3) is 6.26. The van der Waals surface area contributed by atoms with Crippen molar-refractivity contribution < 1.29 is 31.2 Å². The van der Waals surface area contributed by atoms with Crippen molar-refractivity contribution in [1.29, 1.82) is 0 Å². The number of carbonyl (C=O) groups excluding carboxylic acids is 2. The van der Waals surface area contributed by atoms with E-state index in [0.29, 0.717) is 36.3 Å². The zero-order valence-electron chi connectivity index (χ0n) is 22.2. The number of sulfone groups is 1. The highest BCUT2D eigenvalue weighted by Crippen LogP contribution is 2.43. The summed E-state index contributed by atoms with van der Waals surface area (Å²) >= 11 is 0. The maximum Gasteiger partial charge on any atom is 0.391 e. The predicted octanol–water partition coefficient (Wildman–Crippen LogP) is 4.72. The van der Waals surface area contributed by atoms with E-state index in [4.69, 9.17) is 0 Å². The number of aromatic nitrogens is 2. The molecule has 2 aromatic heterocycles. The number of nitrogens with one attached hydrogen (secondary N) is 1. The summed E-state index contributed by atoms with van der Waals surface area (Å²) in [5, 5.41) is 2.71. The lowest BCUT2D eigenvalue weighted by Crippen LogP contribution is -2.37. The second-order valence-corrected chi connectivity index (χ2v) is 12.9. The van der Waals surface area contributed by atoms with Crippen molar-refractivity contribution in [2.24, 2.45) is 17.8 Å². The Bertz CT molecular complexity index is 1320. The highest BCUT2D eigenvalue weighted by molar-refractivity contribution is 7.91. The molecule has 0 saturated heterocycles. The molecule has 0 spiro atoms. The van der Waals surface area contributed by atoms with Crippen LogP contribution in [0.25, 0.3) is 0 Å². The quantitative estimate of drug-likeness (QED) is 0.495. The molecular weight excluding hydrogens is 533 g/mol. The molecule has 2 amide bonds. The number of carbonyl (C=O) groups is 2. The first-order valence-electron chi connectivity index (χ1n) is 13.1. The van der Waals surface area contributed by atoms with E-state index in [1.54, 1.807) is 11.8 Å². The highest BCUT2D eigenvalue weighted by Gasteiger charge is 2.44. The van der Waals surface area contributed by atoms with Crippen molar-refractivity contribution in [3.05, 3.63) is 53.1 Å². The van der Waals surface area contributed by atoms with Gasteiger partial charge in [-0.25, -0.2) is 8.42 Å². The molecule has 0 unspecified atom stereocenters. The fraction of sp³-hybridized carbons (Fsp3) is 0.556. The van der Waals surface area contributed by atoms with E-state index in [9.17, 15) is 31.2 Å². The minimum absolute atomic E-state index is 0.0166. The van der Waals surface area contributed by atoms with Crippen LogP contribution < -0.4 is 5.32 Å². The second kappa shape index (κ2) is 11.2. The van der Waals surface area contributed by atoms with Crippen LogP contribution in [0.5, 0.6) is 0 Å². The van der Waals surface area contributed by atoms with Crippen LogP contribution >= 0.6 is 0 Å². The van der Waals surface area contributed by atoms with Crippen LogP contribution in [-0.4, -0.2) is 53.6 Å². The van der Waals surface area contributed by atoms with E-state index in [-0.39, 0.29) is 59.4 Å². The van der Waals surface area contributed by atoms with Gasteiger partial charge < -0.3 is 10.2 Å². The van der Waals surface area contributed by atoms with E-state index >= 15 is 0 Å². The monoisotopic (exact) mass is 566 g/mol. The first kappa shape index (κ1) is 29.0. The van der Waals surface area contributed by atoms with Crippen LogP contribution in [-0.2, 0) is 16.4 Å². The van der Waals surface area contributed by atoms with E-state index in [0.717, 1.165) is 0 Å². The Morgan fingerprint density at radius 3 is 2.38 bits per heavy atom. The summed E-state index contributed by atoms with van der Waals surface area (Å²) in [4.78, 5) is 36.6. The second-order valence-electron chi connectivity index (χ2n) is 10.6. The van der Waals surface area contributed by atoms with Crippen LogP contribution in [0.15, 0.2) is 35.5 Å². The van der Waals surface area contributed by atoms with Gasteiger partial charge in [-0.15, -0.1) is 0 Å². The molecule has 1 aliphatic heterocycles. The predicted molar refractivity (Wildman–Crippen MR) is 137 cm³/mol. The molecule has 1 N–H and O–H groups in total. The summed E-state index contributed by atoms with van der Waals surface area (Å²) in [6.07, 6.45) is -0.536. The van der Waals surface area contributed by atoms with Gasteiger partial charge in [0.1, 0.15) is 0 Å². The molecular formula is C27H33F3N4O4S. The minimum atomic E-state index is -4.18. The van der Waals surface area contributed by atoms with Crippen molar-refractivity contribution in [1.82, 2.24) is 20.2 Å². The molecule has 212 valence electrons. The molecule has 12 heteroatoms. The Kier molecular flexibility index (Phi) is 8.34. The summed E-state index contributed by atoms with van der Waals surface area (Å²) in [7, 11) is -3.37. The van der Waals surface area contributed by atoms with Crippen molar-refractivity contribution in [2.45, 2.75) is 70.1 Å². The third-order valence-corrected chi connectivity index (χ3v) is 9.37. The van der Waals surface area contributed by atoms with E-state index in [1.807, 2.05) is 13.8 Å². The van der Waals surface area contributed by atoms with Gasteiger partial charge in [-0.1, -0.05) is 20.8 Å². The average molecular weight is 567 g/mol. The number of nitrogens with zero attached hydrogens (tertiary/aromatic N) is 3. The van der Waals surface area contributed by atoms with Crippen molar-refractivity contribution in [3.63, 3.8) is 0 Å². The van der Waals surface area contributed by atoms with E-state index < -0.39 is 27.8 Å². The third-order valence-electron chi connectivity index (χ3n) is 7.65. The van der Waals surface area contributed by atoms with Gasteiger partial charge in [0.15, 0.2) is 9.84 Å². The summed E-state index contributed by atoms with van der Waals surface area (Å²) in [5.74, 6) is -2.03. The minimum Gasteiger partial charge on any atom is -0.346 e. The molecule has 39 heavy (non-hydrogen) atoms. The lowest BCUT2D eigenvalue weighted by molar-refractivity contribution is -0.184. The Balaban J connectivity index is 1.43. The fourth-order valence-electron chi connectivity index (χ4n) is 5.40. The normalized spacial score (nSPS) is 21.8. The molecule has 0 bridgehead atoms. The highest BCUT2D eigenvalue weighted by atomic mass is 32.2. The van der Waals surface area contributed by atoms with Crippen molar-refractivity contribution in [2.75, 3.05) is 12.3 Å². The smallest absolute Gasteiger partial charge is 0.346 e. The zero-order chi connectivity index (χ0) is 28.5. The lowest BCUT2D eigenvalue weighted by atomic mass is 9.81. The van der Waals surface area contributed by atoms with Crippen molar-refractivity contribution >= 4 is 21.7 Å². The number of hydrogen-bond donors (Lipinski definition) is 1. The number of amides is 2.